The van der Waals surface area contributed by atoms with Crippen molar-refractivity contribution in [2.24, 2.45) is 0 Å². The van der Waals surface area contributed by atoms with E-state index >= 15 is 0 Å². The van der Waals surface area contributed by atoms with E-state index in [2.05, 4.69) is 5.16 Å². The number of aromatic nitrogens is 1. The number of benzene rings is 2. The molecule has 0 N–H and O–H groups in total. The van der Waals surface area contributed by atoms with Gasteiger partial charge in [0.1, 0.15) is 5.75 Å². The minimum absolute atomic E-state index is 0.0558. The SMILES string of the molecule is CCOc1ccc(-c2cc(C(=O)N(Cc3ccccc3Cl)C3CCS(=O)(=O)C3)no2)cc1. The van der Waals surface area contributed by atoms with Crippen LogP contribution in [0.25, 0.3) is 11.3 Å². The first kappa shape index (κ1) is 22.4. The first-order chi connectivity index (χ1) is 15.4. The molecule has 0 spiro atoms. The van der Waals surface area contributed by atoms with Crippen molar-refractivity contribution in [2.75, 3.05) is 18.1 Å². The molecule has 1 fully saturated rings. The largest absolute Gasteiger partial charge is 0.494 e. The molecule has 1 aliphatic heterocycles. The highest BCUT2D eigenvalue weighted by Gasteiger charge is 2.36. The highest BCUT2D eigenvalue weighted by molar-refractivity contribution is 7.91. The van der Waals surface area contributed by atoms with Crippen LogP contribution >= 0.6 is 11.6 Å². The molecule has 2 heterocycles. The van der Waals surface area contributed by atoms with Crippen molar-refractivity contribution in [1.29, 1.82) is 0 Å². The van der Waals surface area contributed by atoms with Crippen LogP contribution in [0.3, 0.4) is 0 Å². The Morgan fingerprint density at radius 1 is 1.22 bits per heavy atom. The van der Waals surface area contributed by atoms with E-state index in [9.17, 15) is 13.2 Å². The van der Waals surface area contributed by atoms with Gasteiger partial charge >= 0.3 is 0 Å². The lowest BCUT2D eigenvalue weighted by Crippen LogP contribution is -2.40. The fourth-order valence-corrected chi connectivity index (χ4v) is 5.67. The molecule has 1 saturated heterocycles. The lowest BCUT2D eigenvalue weighted by atomic mass is 10.1. The van der Waals surface area contributed by atoms with E-state index in [1.807, 2.05) is 43.3 Å². The molecule has 2 aromatic carbocycles. The van der Waals surface area contributed by atoms with Crippen molar-refractivity contribution in [3.05, 3.63) is 70.9 Å². The van der Waals surface area contributed by atoms with E-state index in [1.165, 1.54) is 4.90 Å². The van der Waals surface area contributed by atoms with Crippen molar-refractivity contribution in [1.82, 2.24) is 10.1 Å². The molecule has 32 heavy (non-hydrogen) atoms. The predicted molar refractivity (Wildman–Crippen MR) is 121 cm³/mol. The summed E-state index contributed by atoms with van der Waals surface area (Å²) in [7, 11) is -3.19. The molecular formula is C23H23ClN2O5S. The minimum atomic E-state index is -3.19. The second-order valence-electron chi connectivity index (χ2n) is 7.62. The number of hydrogen-bond acceptors (Lipinski definition) is 6. The van der Waals surface area contributed by atoms with Crippen LogP contribution in [0.1, 0.15) is 29.4 Å². The molecule has 7 nitrogen and oxygen atoms in total. The van der Waals surface area contributed by atoms with Crippen molar-refractivity contribution in [2.45, 2.75) is 25.9 Å². The summed E-state index contributed by atoms with van der Waals surface area (Å²) in [4.78, 5) is 14.9. The van der Waals surface area contributed by atoms with Gasteiger partial charge in [-0.2, -0.15) is 0 Å². The van der Waals surface area contributed by atoms with Crippen molar-refractivity contribution in [3.63, 3.8) is 0 Å². The lowest BCUT2D eigenvalue weighted by molar-refractivity contribution is 0.0670. The molecule has 4 rings (SSSR count). The summed E-state index contributed by atoms with van der Waals surface area (Å²) >= 11 is 6.30. The van der Waals surface area contributed by atoms with Gasteiger partial charge in [0.15, 0.2) is 21.3 Å². The van der Waals surface area contributed by atoms with Crippen LogP contribution < -0.4 is 4.74 Å². The van der Waals surface area contributed by atoms with Gasteiger partial charge in [0.05, 0.1) is 18.1 Å². The summed E-state index contributed by atoms with van der Waals surface area (Å²) in [5.41, 5.74) is 1.60. The fraction of sp³-hybridized carbons (Fsp3) is 0.304. The number of sulfone groups is 1. The van der Waals surface area contributed by atoms with Crippen LogP contribution in [0, 0.1) is 0 Å². The Kier molecular flexibility index (Phi) is 6.53. The number of amides is 1. The molecule has 0 aliphatic carbocycles. The van der Waals surface area contributed by atoms with E-state index < -0.39 is 21.8 Å². The second kappa shape index (κ2) is 9.34. The van der Waals surface area contributed by atoms with E-state index in [0.29, 0.717) is 23.8 Å². The van der Waals surface area contributed by atoms with E-state index in [4.69, 9.17) is 20.9 Å². The van der Waals surface area contributed by atoms with Gasteiger partial charge in [-0.05, 0) is 49.2 Å². The van der Waals surface area contributed by atoms with Crippen LogP contribution in [-0.4, -0.2) is 48.5 Å². The van der Waals surface area contributed by atoms with Gasteiger partial charge in [-0.1, -0.05) is 35.0 Å². The molecule has 0 bridgehead atoms. The van der Waals surface area contributed by atoms with Crippen molar-refractivity contribution >= 4 is 27.3 Å². The first-order valence-electron chi connectivity index (χ1n) is 10.3. The standard InChI is InChI=1S/C23H23ClN2O5S/c1-2-30-19-9-7-16(8-10-19)22-13-21(25-31-22)23(27)26(18-11-12-32(28,29)15-18)14-17-5-3-4-6-20(17)24/h3-10,13,18H,2,11-12,14-15H2,1H3. The zero-order valence-electron chi connectivity index (χ0n) is 17.5. The molecule has 168 valence electrons. The van der Waals surface area contributed by atoms with Crippen LogP contribution in [0.4, 0.5) is 0 Å². The fourth-order valence-electron chi connectivity index (χ4n) is 3.74. The summed E-state index contributed by atoms with van der Waals surface area (Å²) in [6.07, 6.45) is 0.377. The van der Waals surface area contributed by atoms with Crippen LogP contribution in [-0.2, 0) is 16.4 Å². The zero-order chi connectivity index (χ0) is 22.7. The van der Waals surface area contributed by atoms with Gasteiger partial charge in [0.25, 0.3) is 5.91 Å². The maximum Gasteiger partial charge on any atom is 0.276 e. The number of carbonyl (C=O) groups is 1. The van der Waals surface area contributed by atoms with Crippen LogP contribution in [0.15, 0.2) is 59.1 Å². The Morgan fingerprint density at radius 3 is 2.62 bits per heavy atom. The number of halogens is 1. The van der Waals surface area contributed by atoms with Gasteiger partial charge in [-0.3, -0.25) is 4.79 Å². The minimum Gasteiger partial charge on any atom is -0.494 e. The molecular weight excluding hydrogens is 452 g/mol. The van der Waals surface area contributed by atoms with Crippen molar-refractivity contribution < 1.29 is 22.5 Å². The highest BCUT2D eigenvalue weighted by Crippen LogP contribution is 2.27. The summed E-state index contributed by atoms with van der Waals surface area (Å²) in [6, 6.07) is 15.6. The normalized spacial score (nSPS) is 17.2. The maximum atomic E-state index is 13.4. The molecule has 1 aliphatic rings. The van der Waals surface area contributed by atoms with Gasteiger partial charge < -0.3 is 14.2 Å². The summed E-state index contributed by atoms with van der Waals surface area (Å²) < 4.78 is 35.0. The molecule has 1 unspecified atom stereocenters. The van der Waals surface area contributed by atoms with Gasteiger partial charge in [-0.15, -0.1) is 0 Å². The quantitative estimate of drug-likeness (QED) is 0.509. The monoisotopic (exact) mass is 474 g/mol. The van der Waals surface area contributed by atoms with Crippen molar-refractivity contribution in [3.8, 4) is 17.1 Å². The number of ether oxygens (including phenoxy) is 1. The number of nitrogens with zero attached hydrogens (tertiary/aromatic N) is 2. The lowest BCUT2D eigenvalue weighted by Gasteiger charge is -2.28. The van der Waals surface area contributed by atoms with E-state index in [1.54, 1.807) is 18.2 Å². The van der Waals surface area contributed by atoms with Crippen LogP contribution in [0.2, 0.25) is 5.02 Å². The Labute approximate surface area is 191 Å². The second-order valence-corrected chi connectivity index (χ2v) is 10.3. The average molecular weight is 475 g/mol. The van der Waals surface area contributed by atoms with Crippen LogP contribution in [0.5, 0.6) is 5.75 Å². The molecule has 1 amide bonds. The summed E-state index contributed by atoms with van der Waals surface area (Å²) in [5, 5.41) is 4.48. The third-order valence-corrected chi connectivity index (χ3v) is 7.51. The van der Waals surface area contributed by atoms with Gasteiger partial charge in [-0.25, -0.2) is 8.42 Å². The smallest absolute Gasteiger partial charge is 0.276 e. The number of rotatable bonds is 7. The summed E-state index contributed by atoms with van der Waals surface area (Å²) in [6.45, 7) is 2.66. The van der Waals surface area contributed by atoms with Gasteiger partial charge in [0.2, 0.25) is 0 Å². The average Bonchev–Trinajstić information content (AvgIpc) is 3.40. The Morgan fingerprint density at radius 2 is 1.97 bits per heavy atom. The molecule has 3 aromatic rings. The molecule has 0 radical (unpaired) electrons. The Balaban J connectivity index is 1.60. The topological polar surface area (TPSA) is 89.7 Å². The third kappa shape index (κ3) is 4.97. The van der Waals surface area contributed by atoms with Gasteiger partial charge in [0, 0.05) is 29.2 Å². The van der Waals surface area contributed by atoms with E-state index in [-0.39, 0.29) is 23.7 Å². The predicted octanol–water partition coefficient (Wildman–Crippen LogP) is 4.22. The highest BCUT2D eigenvalue weighted by atomic mass is 35.5. The zero-order valence-corrected chi connectivity index (χ0v) is 19.1. The first-order valence-corrected chi connectivity index (χ1v) is 12.5. The molecule has 1 atom stereocenters. The van der Waals surface area contributed by atoms with E-state index in [0.717, 1.165) is 16.9 Å². The molecule has 9 heteroatoms. The summed E-state index contributed by atoms with van der Waals surface area (Å²) in [5.74, 6) is 0.758. The number of hydrogen-bond donors (Lipinski definition) is 0. The Bertz CT molecular complexity index is 1210. The molecule has 1 aromatic heterocycles. The number of carbonyl (C=O) groups excluding carboxylic acids is 1. The maximum absolute atomic E-state index is 13.4. The molecule has 0 saturated carbocycles. The third-order valence-electron chi connectivity index (χ3n) is 5.39. The Hall–Kier alpha value is -2.84.